The lowest BCUT2D eigenvalue weighted by Gasteiger charge is -2.28. The van der Waals surface area contributed by atoms with Crippen LogP contribution in [0.3, 0.4) is 0 Å². The van der Waals surface area contributed by atoms with E-state index in [1.807, 2.05) is 13.0 Å². The molecule has 1 fully saturated rings. The molecule has 1 aromatic carbocycles. The van der Waals surface area contributed by atoms with E-state index < -0.39 is 0 Å². The lowest BCUT2D eigenvalue weighted by molar-refractivity contribution is 0.174. The van der Waals surface area contributed by atoms with E-state index in [1.165, 1.54) is 31.4 Å². The minimum absolute atomic E-state index is 0.330. The minimum Gasteiger partial charge on any atom is -0.388 e. The Kier molecular flexibility index (Phi) is 4.65. The molecule has 2 nitrogen and oxygen atoms in total. The van der Waals surface area contributed by atoms with Gasteiger partial charge >= 0.3 is 0 Å². The normalized spacial score (nSPS) is 16.6. The van der Waals surface area contributed by atoms with Crippen LogP contribution >= 0.6 is 0 Å². The van der Waals surface area contributed by atoms with E-state index in [2.05, 4.69) is 30.0 Å². The van der Waals surface area contributed by atoms with E-state index >= 15 is 0 Å². The van der Waals surface area contributed by atoms with Crippen molar-refractivity contribution in [2.24, 2.45) is 0 Å². The quantitative estimate of drug-likeness (QED) is 0.790. The summed E-state index contributed by atoms with van der Waals surface area (Å²) in [6, 6.07) is 9.07. The van der Waals surface area contributed by atoms with Crippen molar-refractivity contribution in [2.75, 3.05) is 11.4 Å². The van der Waals surface area contributed by atoms with Crippen molar-refractivity contribution in [1.29, 1.82) is 0 Å². The Balaban J connectivity index is 2.22. The first-order valence-electron chi connectivity index (χ1n) is 7.31. The third-order valence-corrected chi connectivity index (χ3v) is 3.73. The predicted octanol–water partition coefficient (Wildman–Crippen LogP) is 3.90. The van der Waals surface area contributed by atoms with Gasteiger partial charge in [0, 0.05) is 23.8 Å². The molecule has 1 aromatic rings. The van der Waals surface area contributed by atoms with Gasteiger partial charge in [-0.2, -0.15) is 0 Å². The Morgan fingerprint density at radius 1 is 1.28 bits per heavy atom. The fourth-order valence-corrected chi connectivity index (χ4v) is 2.47. The molecule has 0 bridgehead atoms. The maximum absolute atomic E-state index is 10.2. The van der Waals surface area contributed by atoms with Gasteiger partial charge in [-0.05, 0) is 31.7 Å². The summed E-state index contributed by atoms with van der Waals surface area (Å²) in [5.41, 5.74) is 2.35. The van der Waals surface area contributed by atoms with Crippen LogP contribution in [0.2, 0.25) is 0 Å². The van der Waals surface area contributed by atoms with Gasteiger partial charge in [0.05, 0.1) is 6.10 Å². The SMILES string of the molecule is CCCCN(c1ccccc1[C@@H](O)CC)C1CC1. The Morgan fingerprint density at radius 2 is 2.00 bits per heavy atom. The smallest absolute Gasteiger partial charge is 0.0807 e. The lowest BCUT2D eigenvalue weighted by atomic mass is 10.0. The number of anilines is 1. The topological polar surface area (TPSA) is 23.5 Å². The second-order valence-electron chi connectivity index (χ2n) is 5.26. The number of aliphatic hydroxyl groups excluding tert-OH is 1. The van der Waals surface area contributed by atoms with Crippen molar-refractivity contribution < 1.29 is 5.11 Å². The second kappa shape index (κ2) is 6.24. The van der Waals surface area contributed by atoms with Crippen LogP contribution in [0.1, 0.15) is 57.6 Å². The van der Waals surface area contributed by atoms with Gasteiger partial charge in [0.15, 0.2) is 0 Å². The van der Waals surface area contributed by atoms with Crippen LogP contribution in [0.4, 0.5) is 5.69 Å². The first-order chi connectivity index (χ1) is 8.77. The largest absolute Gasteiger partial charge is 0.388 e. The van der Waals surface area contributed by atoms with Crippen LogP contribution in [0.25, 0.3) is 0 Å². The van der Waals surface area contributed by atoms with Crippen molar-refractivity contribution in [3.8, 4) is 0 Å². The Labute approximate surface area is 111 Å². The van der Waals surface area contributed by atoms with Crippen LogP contribution in [0, 0.1) is 0 Å². The molecule has 2 rings (SSSR count). The van der Waals surface area contributed by atoms with E-state index in [4.69, 9.17) is 0 Å². The molecule has 100 valence electrons. The molecule has 0 unspecified atom stereocenters. The summed E-state index contributed by atoms with van der Waals surface area (Å²) in [6.07, 6.45) is 5.52. The molecule has 1 aliphatic carbocycles. The fourth-order valence-electron chi connectivity index (χ4n) is 2.47. The molecule has 0 aromatic heterocycles. The number of nitrogens with zero attached hydrogens (tertiary/aromatic N) is 1. The monoisotopic (exact) mass is 247 g/mol. The van der Waals surface area contributed by atoms with Crippen LogP contribution < -0.4 is 4.90 Å². The highest BCUT2D eigenvalue weighted by molar-refractivity contribution is 5.56. The van der Waals surface area contributed by atoms with Gasteiger partial charge in [-0.3, -0.25) is 0 Å². The first kappa shape index (κ1) is 13.4. The average molecular weight is 247 g/mol. The molecular weight excluding hydrogens is 222 g/mol. The van der Waals surface area contributed by atoms with Crippen molar-refractivity contribution in [3.63, 3.8) is 0 Å². The number of para-hydroxylation sites is 1. The Hall–Kier alpha value is -1.02. The lowest BCUT2D eigenvalue weighted by Crippen LogP contribution is -2.28. The highest BCUT2D eigenvalue weighted by Crippen LogP contribution is 2.36. The molecule has 18 heavy (non-hydrogen) atoms. The molecule has 0 aliphatic heterocycles. The van der Waals surface area contributed by atoms with Crippen molar-refractivity contribution in [2.45, 2.75) is 58.1 Å². The predicted molar refractivity (Wildman–Crippen MR) is 77.0 cm³/mol. The number of hydrogen-bond donors (Lipinski definition) is 1. The van der Waals surface area contributed by atoms with E-state index in [-0.39, 0.29) is 6.10 Å². The Bertz CT molecular complexity index is 373. The zero-order chi connectivity index (χ0) is 13.0. The fraction of sp³-hybridized carbons (Fsp3) is 0.625. The minimum atomic E-state index is -0.330. The summed E-state index contributed by atoms with van der Waals surface area (Å²) in [6.45, 7) is 5.39. The molecule has 1 N–H and O–H groups in total. The second-order valence-corrected chi connectivity index (χ2v) is 5.26. The highest BCUT2D eigenvalue weighted by atomic mass is 16.3. The summed E-state index contributed by atoms with van der Waals surface area (Å²) in [4.78, 5) is 2.51. The number of hydrogen-bond acceptors (Lipinski definition) is 2. The molecule has 0 amide bonds. The maximum atomic E-state index is 10.2. The average Bonchev–Trinajstić information content (AvgIpc) is 3.23. The van der Waals surface area contributed by atoms with Crippen molar-refractivity contribution >= 4 is 5.69 Å². The maximum Gasteiger partial charge on any atom is 0.0807 e. The van der Waals surface area contributed by atoms with Gasteiger partial charge in [0.25, 0.3) is 0 Å². The van der Waals surface area contributed by atoms with E-state index in [0.717, 1.165) is 18.5 Å². The van der Waals surface area contributed by atoms with Crippen LogP contribution in [-0.2, 0) is 0 Å². The molecule has 2 heteroatoms. The summed E-state index contributed by atoms with van der Waals surface area (Å²) in [7, 11) is 0. The zero-order valence-corrected chi connectivity index (χ0v) is 11.6. The number of rotatable bonds is 7. The third-order valence-electron chi connectivity index (χ3n) is 3.73. The van der Waals surface area contributed by atoms with Gasteiger partial charge < -0.3 is 10.0 Å². The van der Waals surface area contributed by atoms with Gasteiger partial charge in [-0.25, -0.2) is 0 Å². The van der Waals surface area contributed by atoms with Crippen molar-refractivity contribution in [1.82, 2.24) is 0 Å². The van der Waals surface area contributed by atoms with Crippen molar-refractivity contribution in [3.05, 3.63) is 29.8 Å². The summed E-state index contributed by atoms with van der Waals surface area (Å²) in [5.74, 6) is 0. The summed E-state index contributed by atoms with van der Waals surface area (Å²) >= 11 is 0. The first-order valence-corrected chi connectivity index (χ1v) is 7.31. The van der Waals surface area contributed by atoms with Gasteiger partial charge in [0.1, 0.15) is 0 Å². The molecule has 0 spiro atoms. The highest BCUT2D eigenvalue weighted by Gasteiger charge is 2.30. The molecular formula is C16H25NO. The molecule has 1 saturated carbocycles. The van der Waals surface area contributed by atoms with E-state index in [9.17, 15) is 5.11 Å². The van der Waals surface area contributed by atoms with Gasteiger partial charge in [-0.1, -0.05) is 38.5 Å². The van der Waals surface area contributed by atoms with Crippen LogP contribution in [-0.4, -0.2) is 17.7 Å². The third kappa shape index (κ3) is 3.05. The van der Waals surface area contributed by atoms with E-state index in [0.29, 0.717) is 6.04 Å². The molecule has 1 aliphatic rings. The summed E-state index contributed by atoms with van der Waals surface area (Å²) in [5, 5.41) is 10.2. The molecule has 1 atom stereocenters. The zero-order valence-electron chi connectivity index (χ0n) is 11.6. The number of benzene rings is 1. The van der Waals surface area contributed by atoms with Crippen LogP contribution in [0.5, 0.6) is 0 Å². The van der Waals surface area contributed by atoms with Gasteiger partial charge in [-0.15, -0.1) is 0 Å². The Morgan fingerprint density at radius 3 is 2.61 bits per heavy atom. The number of unbranched alkanes of at least 4 members (excludes halogenated alkanes) is 1. The number of aliphatic hydroxyl groups is 1. The van der Waals surface area contributed by atoms with E-state index in [1.54, 1.807) is 0 Å². The molecule has 0 heterocycles. The summed E-state index contributed by atoms with van der Waals surface area (Å²) < 4.78 is 0. The van der Waals surface area contributed by atoms with Crippen LogP contribution in [0.15, 0.2) is 24.3 Å². The molecule has 0 radical (unpaired) electrons. The van der Waals surface area contributed by atoms with Gasteiger partial charge in [0.2, 0.25) is 0 Å². The molecule has 0 saturated heterocycles. The standard InChI is InChI=1S/C16H25NO/c1-3-5-12-17(13-10-11-13)15-9-7-6-8-14(15)16(18)4-2/h6-9,13,16,18H,3-5,10-12H2,1-2H3/t16-/m0/s1.